The molecule has 9 rings (SSSR count). The van der Waals surface area contributed by atoms with E-state index in [1.807, 2.05) is 84.6 Å². The standard InChI is InChI=1S/C54H57N9O7S/c1-31-26-36(70-25-7-8-33-21-23-62(32(2)27-33)30-48(65)57-35-13-15-40(44(28-35)56-3)49(55)41-18-20-47(64)60-52(41)67)14-16-37(31)38-17-19-46(59-50(38)53(68)69)63-24-22-34-9-6-10-39(42(34)29-63)51(66)61-54-58-43-11-4-5-12-45(43)71-54/h4-6,9-17,19,26,28,32-33,41,55-56H,7-8,18,20-25,27,29-30H2,1-3H3,(H,57,65)(H,68,69)(H,58,61,66)(H,60,64,67)/t32-,33-,41?/m1/s1. The number of benzene rings is 4. The van der Waals surface area contributed by atoms with Gasteiger partial charge in [-0.05, 0) is 148 Å². The van der Waals surface area contributed by atoms with Gasteiger partial charge < -0.3 is 30.8 Å². The Balaban J connectivity index is 0.748. The molecule has 0 saturated carbocycles. The number of carboxylic acid groups (broad SMARTS) is 1. The number of nitrogens with one attached hydrogen (secondary N) is 5. The van der Waals surface area contributed by atoms with Gasteiger partial charge >= 0.3 is 5.97 Å². The number of nitrogens with zero attached hydrogens (tertiary/aromatic N) is 4. The molecule has 4 aromatic carbocycles. The van der Waals surface area contributed by atoms with Crippen LogP contribution >= 0.6 is 11.3 Å². The number of hydrogen-bond acceptors (Lipinski definition) is 13. The van der Waals surface area contributed by atoms with E-state index >= 15 is 0 Å². The van der Waals surface area contributed by atoms with Crippen LogP contribution in [0.1, 0.15) is 88.5 Å². The summed E-state index contributed by atoms with van der Waals surface area (Å²) in [5, 5.41) is 31.0. The average molecular weight is 976 g/mol. The van der Waals surface area contributed by atoms with Crippen molar-refractivity contribution < 1.29 is 33.8 Å². The second kappa shape index (κ2) is 21.2. The van der Waals surface area contributed by atoms with Crippen LogP contribution in [0.25, 0.3) is 21.3 Å². The molecule has 2 saturated heterocycles. The number of rotatable bonds is 16. The maximum absolute atomic E-state index is 13.6. The number of imide groups is 1. The predicted octanol–water partition coefficient (Wildman–Crippen LogP) is 8.54. The van der Waals surface area contributed by atoms with Crippen LogP contribution in [0.15, 0.2) is 91.0 Å². The van der Waals surface area contributed by atoms with Crippen molar-refractivity contribution in [3.8, 4) is 16.9 Å². The summed E-state index contributed by atoms with van der Waals surface area (Å²) in [6.07, 6.45) is 4.96. The molecule has 366 valence electrons. The lowest BCUT2D eigenvalue weighted by molar-refractivity contribution is -0.134. The van der Waals surface area contributed by atoms with Crippen molar-refractivity contribution in [3.05, 3.63) is 125 Å². The zero-order valence-electron chi connectivity index (χ0n) is 40.0. The normalized spacial score (nSPS) is 18.1. The Kier molecular flexibility index (Phi) is 14.5. The molecule has 3 aliphatic rings. The SMILES string of the molecule is CNc1cc(NC(=O)CN2CC[C@@H](CCCOc3ccc(-c4ccc(N5CCc6cccc(C(=O)Nc7nc8ccccc8s7)c6C5)nc4C(=O)O)c(C)c3)C[C@H]2C)ccc1C(=N)C1CCC(=O)NC1=O. The number of ether oxygens (including phenoxy) is 1. The summed E-state index contributed by atoms with van der Waals surface area (Å²) in [4.78, 5) is 77.0. The number of aryl methyl sites for hydroxylation is 1. The highest BCUT2D eigenvalue weighted by Gasteiger charge is 2.32. The fraction of sp³-hybridized carbons (Fsp3) is 0.333. The fourth-order valence-corrected chi connectivity index (χ4v) is 11.0. The lowest BCUT2D eigenvalue weighted by atomic mass is 9.88. The maximum Gasteiger partial charge on any atom is 0.355 e. The Labute approximate surface area is 415 Å². The highest BCUT2D eigenvalue weighted by Crippen LogP contribution is 2.35. The first kappa shape index (κ1) is 48.5. The van der Waals surface area contributed by atoms with Crippen molar-refractivity contribution >= 4 is 79.2 Å². The van der Waals surface area contributed by atoms with Crippen molar-refractivity contribution in [2.75, 3.05) is 54.1 Å². The van der Waals surface area contributed by atoms with Gasteiger partial charge in [-0.15, -0.1) is 0 Å². The molecule has 4 amide bonds. The van der Waals surface area contributed by atoms with Crippen LogP contribution in [-0.4, -0.2) is 94.6 Å². The van der Waals surface area contributed by atoms with Crippen LogP contribution in [0.4, 0.5) is 22.3 Å². The molecule has 17 heteroatoms. The van der Waals surface area contributed by atoms with Gasteiger partial charge in [0.25, 0.3) is 5.91 Å². The molecule has 1 unspecified atom stereocenters. The van der Waals surface area contributed by atoms with E-state index in [2.05, 4.69) is 43.1 Å². The number of carbonyl (C=O) groups excluding carboxylic acids is 4. The van der Waals surface area contributed by atoms with Crippen molar-refractivity contribution in [2.24, 2.45) is 11.8 Å². The molecule has 3 atom stereocenters. The zero-order valence-corrected chi connectivity index (χ0v) is 40.8. The van der Waals surface area contributed by atoms with E-state index in [9.17, 15) is 29.1 Å². The number of para-hydroxylation sites is 1. The van der Waals surface area contributed by atoms with Gasteiger partial charge in [-0.1, -0.05) is 41.7 Å². The third-order valence-corrected chi connectivity index (χ3v) is 14.8. The highest BCUT2D eigenvalue weighted by atomic mass is 32.1. The van der Waals surface area contributed by atoms with Gasteiger partial charge in [-0.25, -0.2) is 14.8 Å². The number of amides is 4. The average Bonchev–Trinajstić information content (AvgIpc) is 3.77. The first-order chi connectivity index (χ1) is 34.3. The quantitative estimate of drug-likeness (QED) is 0.0305. The van der Waals surface area contributed by atoms with Gasteiger partial charge in [0.05, 0.1) is 35.0 Å². The minimum Gasteiger partial charge on any atom is -0.494 e. The highest BCUT2D eigenvalue weighted by molar-refractivity contribution is 7.22. The monoisotopic (exact) mass is 975 g/mol. The molecule has 6 N–H and O–H groups in total. The van der Waals surface area contributed by atoms with Crippen LogP contribution in [0.2, 0.25) is 0 Å². The largest absolute Gasteiger partial charge is 0.494 e. The Hall–Kier alpha value is -7.50. The number of fused-ring (bicyclic) bond motifs is 2. The Morgan fingerprint density at radius 2 is 1.75 bits per heavy atom. The lowest BCUT2D eigenvalue weighted by Crippen LogP contribution is -2.44. The van der Waals surface area contributed by atoms with E-state index in [1.165, 1.54) is 11.3 Å². The summed E-state index contributed by atoms with van der Waals surface area (Å²) >= 11 is 1.42. The number of likely N-dealkylation sites (tertiary alicyclic amines) is 1. The van der Waals surface area contributed by atoms with Crippen molar-refractivity contribution in [1.82, 2.24) is 20.2 Å². The summed E-state index contributed by atoms with van der Waals surface area (Å²) in [7, 11) is 1.72. The minimum atomic E-state index is -1.13. The van der Waals surface area contributed by atoms with Gasteiger partial charge in [-0.3, -0.25) is 34.7 Å². The molecule has 2 fully saturated rings. The number of anilines is 4. The maximum atomic E-state index is 13.6. The van der Waals surface area contributed by atoms with E-state index in [4.69, 9.17) is 10.1 Å². The second-order valence-electron chi connectivity index (χ2n) is 18.6. The smallest absolute Gasteiger partial charge is 0.355 e. The molecule has 0 bridgehead atoms. The first-order valence-corrected chi connectivity index (χ1v) is 24.9. The molecule has 6 aromatic rings. The molecule has 5 heterocycles. The molecule has 3 aliphatic heterocycles. The molecule has 71 heavy (non-hydrogen) atoms. The number of carboxylic acids is 1. The second-order valence-corrected chi connectivity index (χ2v) is 19.6. The minimum absolute atomic E-state index is 0.0473. The van der Waals surface area contributed by atoms with Gasteiger partial charge in [0.1, 0.15) is 11.6 Å². The predicted molar refractivity (Wildman–Crippen MR) is 276 cm³/mol. The molecule has 2 aromatic heterocycles. The van der Waals surface area contributed by atoms with E-state index in [0.717, 1.165) is 64.7 Å². The number of aromatic carboxylic acids is 1. The summed E-state index contributed by atoms with van der Waals surface area (Å²) in [6, 6.07) is 28.3. The number of aromatic nitrogens is 2. The number of pyridine rings is 1. The molecule has 0 aliphatic carbocycles. The van der Waals surface area contributed by atoms with E-state index < -0.39 is 17.8 Å². The Bertz CT molecular complexity index is 3030. The Morgan fingerprint density at radius 1 is 0.915 bits per heavy atom. The first-order valence-electron chi connectivity index (χ1n) is 24.1. The van der Waals surface area contributed by atoms with E-state index in [0.29, 0.717) is 76.8 Å². The number of hydrogen-bond donors (Lipinski definition) is 6. The topological polar surface area (TPSA) is 219 Å². The third-order valence-electron chi connectivity index (χ3n) is 13.9. The molecular weight excluding hydrogens is 919 g/mol. The third kappa shape index (κ3) is 11.0. The molecule has 0 radical (unpaired) electrons. The van der Waals surface area contributed by atoms with Crippen molar-refractivity contribution in [1.29, 1.82) is 5.41 Å². The van der Waals surface area contributed by atoms with Gasteiger partial charge in [0, 0.05) is 60.7 Å². The van der Waals surface area contributed by atoms with Crippen LogP contribution in [0, 0.1) is 24.2 Å². The van der Waals surface area contributed by atoms with Crippen LogP contribution in [0.5, 0.6) is 5.75 Å². The van der Waals surface area contributed by atoms with Crippen molar-refractivity contribution in [2.45, 2.75) is 71.4 Å². The van der Waals surface area contributed by atoms with Gasteiger partial charge in [0.15, 0.2) is 10.8 Å². The zero-order chi connectivity index (χ0) is 49.8. The van der Waals surface area contributed by atoms with Crippen LogP contribution in [-0.2, 0) is 27.3 Å². The van der Waals surface area contributed by atoms with Crippen LogP contribution in [0.3, 0.4) is 0 Å². The fourth-order valence-electron chi connectivity index (χ4n) is 10.1. The molecule has 16 nitrogen and oxygen atoms in total. The van der Waals surface area contributed by atoms with E-state index in [1.54, 1.807) is 25.2 Å². The number of carbonyl (C=O) groups is 5. The van der Waals surface area contributed by atoms with Gasteiger partial charge in [-0.2, -0.15) is 0 Å². The number of thiazole rings is 1. The Morgan fingerprint density at radius 3 is 2.52 bits per heavy atom. The van der Waals surface area contributed by atoms with Gasteiger partial charge in [0.2, 0.25) is 17.7 Å². The van der Waals surface area contributed by atoms with E-state index in [-0.39, 0.29) is 54.6 Å². The van der Waals surface area contributed by atoms with Crippen molar-refractivity contribution in [3.63, 3.8) is 0 Å². The molecular formula is C54H57N9O7S. The summed E-state index contributed by atoms with van der Waals surface area (Å²) in [5.74, 6) is -1.26. The van der Waals surface area contributed by atoms with Crippen LogP contribution < -0.4 is 30.9 Å². The summed E-state index contributed by atoms with van der Waals surface area (Å²) in [5.41, 5.74) is 7.29. The lowest BCUT2D eigenvalue weighted by Gasteiger charge is -2.37. The molecule has 0 spiro atoms. The summed E-state index contributed by atoms with van der Waals surface area (Å²) in [6.45, 7) is 6.71. The summed E-state index contributed by atoms with van der Waals surface area (Å²) < 4.78 is 7.19. The number of piperidine rings is 2.